The standard InChI is InChI=1S/C17H15FN2O3/c1-20-11-19-16-6-5-14(10-15(16)17(20)21)23-8-7-22-13-4-2-3-12(18)9-13/h2-6,9-11H,7-8H2,1H3. The Hall–Kier alpha value is -2.89. The van der Waals surface area contributed by atoms with Crippen molar-refractivity contribution in [2.45, 2.75) is 0 Å². The fraction of sp³-hybridized carbons (Fsp3) is 0.176. The van der Waals surface area contributed by atoms with Crippen molar-refractivity contribution in [2.24, 2.45) is 7.05 Å². The number of fused-ring (bicyclic) bond motifs is 1. The third-order valence-corrected chi connectivity index (χ3v) is 3.31. The van der Waals surface area contributed by atoms with Gasteiger partial charge in [-0.2, -0.15) is 0 Å². The van der Waals surface area contributed by atoms with Crippen LogP contribution in [-0.2, 0) is 7.05 Å². The molecule has 0 spiro atoms. The minimum atomic E-state index is -0.346. The summed E-state index contributed by atoms with van der Waals surface area (Å²) in [6, 6.07) is 11.1. The van der Waals surface area contributed by atoms with E-state index in [0.29, 0.717) is 22.4 Å². The summed E-state index contributed by atoms with van der Waals surface area (Å²) in [5, 5.41) is 0.499. The van der Waals surface area contributed by atoms with Crippen molar-refractivity contribution < 1.29 is 13.9 Å². The summed E-state index contributed by atoms with van der Waals surface area (Å²) in [7, 11) is 1.65. The van der Waals surface area contributed by atoms with E-state index in [4.69, 9.17) is 9.47 Å². The summed E-state index contributed by atoms with van der Waals surface area (Å²) in [4.78, 5) is 16.2. The van der Waals surface area contributed by atoms with Gasteiger partial charge in [0, 0.05) is 13.1 Å². The molecule has 0 amide bonds. The van der Waals surface area contributed by atoms with Gasteiger partial charge in [-0.05, 0) is 30.3 Å². The average Bonchev–Trinajstić information content (AvgIpc) is 2.55. The van der Waals surface area contributed by atoms with Crippen molar-refractivity contribution in [2.75, 3.05) is 13.2 Å². The van der Waals surface area contributed by atoms with E-state index in [0.717, 1.165) is 0 Å². The highest BCUT2D eigenvalue weighted by atomic mass is 19.1. The van der Waals surface area contributed by atoms with Gasteiger partial charge < -0.3 is 14.0 Å². The maximum atomic E-state index is 13.0. The minimum Gasteiger partial charge on any atom is -0.490 e. The summed E-state index contributed by atoms with van der Waals surface area (Å²) in [6.07, 6.45) is 1.48. The maximum Gasteiger partial charge on any atom is 0.261 e. The first-order chi connectivity index (χ1) is 11.1. The first-order valence-electron chi connectivity index (χ1n) is 7.10. The number of aromatic nitrogens is 2. The Kier molecular flexibility index (Phi) is 4.23. The van der Waals surface area contributed by atoms with Crippen molar-refractivity contribution in [1.82, 2.24) is 9.55 Å². The van der Waals surface area contributed by atoms with Crippen LogP contribution in [-0.4, -0.2) is 22.8 Å². The van der Waals surface area contributed by atoms with E-state index >= 15 is 0 Å². The van der Waals surface area contributed by atoms with Crippen LogP contribution in [0.1, 0.15) is 0 Å². The number of benzene rings is 2. The summed E-state index contributed by atoms with van der Waals surface area (Å²) < 4.78 is 25.4. The number of hydrogen-bond donors (Lipinski definition) is 0. The van der Waals surface area contributed by atoms with E-state index in [-0.39, 0.29) is 24.6 Å². The molecule has 6 heteroatoms. The van der Waals surface area contributed by atoms with Crippen molar-refractivity contribution in [1.29, 1.82) is 0 Å². The molecule has 0 aliphatic carbocycles. The van der Waals surface area contributed by atoms with Crippen LogP contribution in [0.15, 0.2) is 53.6 Å². The van der Waals surface area contributed by atoms with E-state index in [1.165, 1.54) is 23.0 Å². The monoisotopic (exact) mass is 314 g/mol. The fourth-order valence-corrected chi connectivity index (χ4v) is 2.16. The van der Waals surface area contributed by atoms with Gasteiger partial charge in [0.15, 0.2) is 0 Å². The molecular weight excluding hydrogens is 299 g/mol. The number of hydrogen-bond acceptors (Lipinski definition) is 4. The number of nitrogens with zero attached hydrogens (tertiary/aromatic N) is 2. The molecule has 0 bridgehead atoms. The lowest BCUT2D eigenvalue weighted by atomic mass is 10.2. The Morgan fingerprint density at radius 2 is 1.83 bits per heavy atom. The van der Waals surface area contributed by atoms with Crippen LogP contribution >= 0.6 is 0 Å². The predicted octanol–water partition coefficient (Wildman–Crippen LogP) is 2.53. The molecule has 2 aromatic carbocycles. The number of halogens is 1. The minimum absolute atomic E-state index is 0.128. The topological polar surface area (TPSA) is 53.4 Å². The van der Waals surface area contributed by atoms with Crippen LogP contribution in [0, 0.1) is 5.82 Å². The maximum absolute atomic E-state index is 13.0. The first-order valence-corrected chi connectivity index (χ1v) is 7.10. The SMILES string of the molecule is Cn1cnc2ccc(OCCOc3cccc(F)c3)cc2c1=O. The van der Waals surface area contributed by atoms with Crippen molar-refractivity contribution in [3.05, 3.63) is 65.0 Å². The second-order valence-electron chi connectivity index (χ2n) is 4.99. The Morgan fingerprint density at radius 3 is 2.57 bits per heavy atom. The summed E-state index contributed by atoms with van der Waals surface area (Å²) in [5.41, 5.74) is 0.493. The highest BCUT2D eigenvalue weighted by molar-refractivity contribution is 5.78. The number of aryl methyl sites for hydroxylation is 1. The van der Waals surface area contributed by atoms with Gasteiger partial charge in [-0.25, -0.2) is 9.37 Å². The molecule has 0 aliphatic rings. The van der Waals surface area contributed by atoms with Crippen LogP contribution in [0.25, 0.3) is 10.9 Å². The fourth-order valence-electron chi connectivity index (χ4n) is 2.16. The highest BCUT2D eigenvalue weighted by Crippen LogP contribution is 2.17. The number of rotatable bonds is 5. The Morgan fingerprint density at radius 1 is 1.09 bits per heavy atom. The average molecular weight is 314 g/mol. The lowest BCUT2D eigenvalue weighted by molar-refractivity contribution is 0.217. The molecule has 118 valence electrons. The van der Waals surface area contributed by atoms with E-state index in [1.54, 1.807) is 37.4 Å². The van der Waals surface area contributed by atoms with E-state index in [1.807, 2.05) is 0 Å². The van der Waals surface area contributed by atoms with E-state index < -0.39 is 0 Å². The smallest absolute Gasteiger partial charge is 0.261 e. The molecule has 0 radical (unpaired) electrons. The van der Waals surface area contributed by atoms with Crippen LogP contribution in [0.4, 0.5) is 4.39 Å². The predicted molar refractivity (Wildman–Crippen MR) is 84.4 cm³/mol. The molecule has 0 unspecified atom stereocenters. The number of ether oxygens (including phenoxy) is 2. The van der Waals surface area contributed by atoms with Gasteiger partial charge in [-0.1, -0.05) is 6.07 Å². The van der Waals surface area contributed by atoms with Crippen molar-refractivity contribution >= 4 is 10.9 Å². The second kappa shape index (κ2) is 6.48. The van der Waals surface area contributed by atoms with Gasteiger partial charge in [0.25, 0.3) is 5.56 Å². The molecule has 1 aromatic heterocycles. The van der Waals surface area contributed by atoms with Gasteiger partial charge in [0.1, 0.15) is 30.5 Å². The van der Waals surface area contributed by atoms with Crippen LogP contribution in [0.2, 0.25) is 0 Å². The molecule has 0 aliphatic heterocycles. The molecule has 0 N–H and O–H groups in total. The molecule has 0 saturated heterocycles. The normalized spacial score (nSPS) is 10.7. The Bertz CT molecular complexity index is 892. The largest absolute Gasteiger partial charge is 0.490 e. The van der Waals surface area contributed by atoms with Crippen LogP contribution in [0.3, 0.4) is 0 Å². The highest BCUT2D eigenvalue weighted by Gasteiger charge is 2.04. The summed E-state index contributed by atoms with van der Waals surface area (Å²) in [5.74, 6) is 0.664. The van der Waals surface area contributed by atoms with Gasteiger partial charge in [0.05, 0.1) is 17.2 Å². The van der Waals surface area contributed by atoms with Gasteiger partial charge >= 0.3 is 0 Å². The van der Waals surface area contributed by atoms with Gasteiger partial charge in [-0.3, -0.25) is 4.79 Å². The van der Waals surface area contributed by atoms with Crippen LogP contribution in [0.5, 0.6) is 11.5 Å². The zero-order valence-electron chi connectivity index (χ0n) is 12.5. The molecule has 1 heterocycles. The lowest BCUT2D eigenvalue weighted by Crippen LogP contribution is -2.17. The summed E-state index contributed by atoms with van der Waals surface area (Å²) in [6.45, 7) is 0.551. The molecule has 23 heavy (non-hydrogen) atoms. The third kappa shape index (κ3) is 3.48. The van der Waals surface area contributed by atoms with Gasteiger partial charge in [0.2, 0.25) is 0 Å². The lowest BCUT2D eigenvalue weighted by Gasteiger charge is -2.09. The van der Waals surface area contributed by atoms with Gasteiger partial charge in [-0.15, -0.1) is 0 Å². The molecule has 0 atom stereocenters. The third-order valence-electron chi connectivity index (χ3n) is 3.31. The molecule has 0 saturated carbocycles. The molecule has 3 rings (SSSR count). The van der Waals surface area contributed by atoms with Crippen molar-refractivity contribution in [3.63, 3.8) is 0 Å². The molecule has 3 aromatic rings. The zero-order valence-corrected chi connectivity index (χ0v) is 12.5. The second-order valence-corrected chi connectivity index (χ2v) is 4.99. The molecular formula is C17H15FN2O3. The first kappa shape index (κ1) is 15.0. The Balaban J connectivity index is 1.63. The molecule has 0 fully saturated rings. The molecule has 5 nitrogen and oxygen atoms in total. The zero-order chi connectivity index (χ0) is 16.2. The van der Waals surface area contributed by atoms with E-state index in [2.05, 4.69) is 4.98 Å². The van der Waals surface area contributed by atoms with E-state index in [9.17, 15) is 9.18 Å². The quantitative estimate of drug-likeness (QED) is 0.679. The Labute approximate surface area is 131 Å². The van der Waals surface area contributed by atoms with Crippen LogP contribution < -0.4 is 15.0 Å². The van der Waals surface area contributed by atoms with Crippen molar-refractivity contribution in [3.8, 4) is 11.5 Å². The summed E-state index contributed by atoms with van der Waals surface area (Å²) >= 11 is 0.